The van der Waals surface area contributed by atoms with Gasteiger partial charge in [-0.2, -0.15) is 0 Å². The lowest BCUT2D eigenvalue weighted by atomic mass is 10.0. The molecule has 1 aromatic heterocycles. The number of aromatic nitrogens is 2. The molecule has 108 valence electrons. The van der Waals surface area contributed by atoms with Crippen LogP contribution >= 0.6 is 0 Å². The minimum absolute atomic E-state index is 0.0337. The van der Waals surface area contributed by atoms with Crippen molar-refractivity contribution >= 4 is 11.6 Å². The number of aliphatic hydroxyl groups excluding tert-OH is 1. The number of anilines is 2. The van der Waals surface area contributed by atoms with Crippen molar-refractivity contribution in [1.82, 2.24) is 9.97 Å². The molecule has 0 spiro atoms. The summed E-state index contributed by atoms with van der Waals surface area (Å²) in [6, 6.07) is 0.0337. The molecule has 19 heavy (non-hydrogen) atoms. The van der Waals surface area contributed by atoms with Crippen LogP contribution in [0, 0.1) is 0 Å². The molecule has 1 aromatic rings. The van der Waals surface area contributed by atoms with E-state index in [4.69, 9.17) is 0 Å². The van der Waals surface area contributed by atoms with Crippen molar-refractivity contribution in [2.24, 2.45) is 0 Å². The van der Waals surface area contributed by atoms with Gasteiger partial charge in [0.15, 0.2) is 0 Å². The molecular formula is C14H26N4O. The Morgan fingerprint density at radius 1 is 1.21 bits per heavy atom. The van der Waals surface area contributed by atoms with E-state index >= 15 is 0 Å². The average Bonchev–Trinajstić information content (AvgIpc) is 2.42. The third-order valence-electron chi connectivity index (χ3n) is 3.06. The molecule has 1 unspecified atom stereocenters. The van der Waals surface area contributed by atoms with Gasteiger partial charge in [0.05, 0.1) is 12.6 Å². The minimum atomic E-state index is 0.0337. The Morgan fingerprint density at radius 3 is 2.42 bits per heavy atom. The molecule has 0 bridgehead atoms. The standard InChI is InChI=1S/C14H26N4O/c1-5-7-15-13-12(10(3)4)14(17-9-16-13)18-11(6-2)8-19/h9-11,19H,5-8H2,1-4H3,(H2,15,16,17,18). The summed E-state index contributed by atoms with van der Waals surface area (Å²) in [5.74, 6) is 2.03. The van der Waals surface area contributed by atoms with Crippen molar-refractivity contribution < 1.29 is 5.11 Å². The smallest absolute Gasteiger partial charge is 0.135 e. The fraction of sp³-hybridized carbons (Fsp3) is 0.714. The number of rotatable bonds is 8. The van der Waals surface area contributed by atoms with Crippen LogP contribution < -0.4 is 10.6 Å². The molecule has 1 atom stereocenters. The van der Waals surface area contributed by atoms with E-state index in [2.05, 4.69) is 41.4 Å². The van der Waals surface area contributed by atoms with E-state index in [1.54, 1.807) is 6.33 Å². The number of hydrogen-bond donors (Lipinski definition) is 3. The zero-order valence-corrected chi connectivity index (χ0v) is 12.4. The topological polar surface area (TPSA) is 70.1 Å². The van der Waals surface area contributed by atoms with Crippen LogP contribution in [0.2, 0.25) is 0 Å². The van der Waals surface area contributed by atoms with Crippen LogP contribution in [0.15, 0.2) is 6.33 Å². The van der Waals surface area contributed by atoms with E-state index < -0.39 is 0 Å². The molecule has 0 aliphatic rings. The lowest BCUT2D eigenvalue weighted by molar-refractivity contribution is 0.271. The van der Waals surface area contributed by atoms with E-state index in [0.29, 0.717) is 5.92 Å². The highest BCUT2D eigenvalue weighted by atomic mass is 16.3. The predicted octanol–water partition coefficient (Wildman–Crippen LogP) is 2.60. The largest absolute Gasteiger partial charge is 0.394 e. The molecule has 0 fully saturated rings. The van der Waals surface area contributed by atoms with Crippen LogP contribution in [-0.4, -0.2) is 34.3 Å². The van der Waals surface area contributed by atoms with Gasteiger partial charge in [-0.1, -0.05) is 27.7 Å². The van der Waals surface area contributed by atoms with E-state index in [1.165, 1.54) is 0 Å². The quantitative estimate of drug-likeness (QED) is 0.674. The maximum atomic E-state index is 9.31. The predicted molar refractivity (Wildman–Crippen MR) is 79.7 cm³/mol. The highest BCUT2D eigenvalue weighted by molar-refractivity contribution is 5.59. The van der Waals surface area contributed by atoms with Crippen molar-refractivity contribution in [3.05, 3.63) is 11.9 Å². The Balaban J connectivity index is 3.01. The highest BCUT2D eigenvalue weighted by Gasteiger charge is 2.16. The monoisotopic (exact) mass is 266 g/mol. The summed E-state index contributed by atoms with van der Waals surface area (Å²) in [5, 5.41) is 16.0. The Morgan fingerprint density at radius 2 is 1.89 bits per heavy atom. The molecule has 0 aromatic carbocycles. The summed E-state index contributed by atoms with van der Waals surface area (Å²) >= 11 is 0. The molecular weight excluding hydrogens is 240 g/mol. The van der Waals surface area contributed by atoms with Crippen LogP contribution in [-0.2, 0) is 0 Å². The second-order valence-corrected chi connectivity index (χ2v) is 5.00. The third-order valence-corrected chi connectivity index (χ3v) is 3.06. The molecule has 5 heteroatoms. The van der Waals surface area contributed by atoms with Gasteiger partial charge in [0.1, 0.15) is 18.0 Å². The number of nitrogens with one attached hydrogen (secondary N) is 2. The Bertz CT molecular complexity index is 378. The Labute approximate surface area is 115 Å². The van der Waals surface area contributed by atoms with Gasteiger partial charge in [-0.05, 0) is 18.8 Å². The van der Waals surface area contributed by atoms with E-state index in [-0.39, 0.29) is 12.6 Å². The van der Waals surface area contributed by atoms with Crippen molar-refractivity contribution in [3.8, 4) is 0 Å². The maximum absolute atomic E-state index is 9.31. The first kappa shape index (κ1) is 15.7. The van der Waals surface area contributed by atoms with Gasteiger partial charge in [0.25, 0.3) is 0 Å². The molecule has 0 radical (unpaired) electrons. The van der Waals surface area contributed by atoms with E-state index in [1.807, 2.05) is 6.92 Å². The molecule has 0 aliphatic carbocycles. The van der Waals surface area contributed by atoms with Gasteiger partial charge < -0.3 is 15.7 Å². The normalized spacial score (nSPS) is 12.5. The zero-order valence-electron chi connectivity index (χ0n) is 12.4. The molecule has 0 saturated heterocycles. The lowest BCUT2D eigenvalue weighted by Crippen LogP contribution is -2.24. The van der Waals surface area contributed by atoms with Crippen LogP contribution in [0.25, 0.3) is 0 Å². The van der Waals surface area contributed by atoms with Gasteiger partial charge in [-0.25, -0.2) is 9.97 Å². The number of hydrogen-bond acceptors (Lipinski definition) is 5. The second kappa shape index (κ2) is 7.94. The van der Waals surface area contributed by atoms with Gasteiger partial charge in [0, 0.05) is 12.1 Å². The van der Waals surface area contributed by atoms with Gasteiger partial charge in [-0.3, -0.25) is 0 Å². The first-order chi connectivity index (χ1) is 9.13. The van der Waals surface area contributed by atoms with Crippen LogP contribution in [0.5, 0.6) is 0 Å². The number of aliphatic hydroxyl groups is 1. The van der Waals surface area contributed by atoms with Crippen molar-refractivity contribution in [2.45, 2.75) is 52.5 Å². The lowest BCUT2D eigenvalue weighted by Gasteiger charge is -2.21. The first-order valence-electron chi connectivity index (χ1n) is 7.10. The molecule has 0 amide bonds. The Hall–Kier alpha value is -1.36. The summed E-state index contributed by atoms with van der Waals surface area (Å²) in [6.07, 6.45) is 3.48. The average molecular weight is 266 g/mol. The highest BCUT2D eigenvalue weighted by Crippen LogP contribution is 2.28. The van der Waals surface area contributed by atoms with Crippen molar-refractivity contribution in [3.63, 3.8) is 0 Å². The van der Waals surface area contributed by atoms with E-state index in [0.717, 1.165) is 36.6 Å². The number of nitrogens with zero attached hydrogens (tertiary/aromatic N) is 2. The Kier molecular flexibility index (Phi) is 6.56. The fourth-order valence-electron chi connectivity index (χ4n) is 1.91. The van der Waals surface area contributed by atoms with Gasteiger partial charge in [-0.15, -0.1) is 0 Å². The molecule has 0 saturated carbocycles. The van der Waals surface area contributed by atoms with Crippen molar-refractivity contribution in [1.29, 1.82) is 0 Å². The maximum Gasteiger partial charge on any atom is 0.135 e. The van der Waals surface area contributed by atoms with Gasteiger partial charge in [0.2, 0.25) is 0 Å². The van der Waals surface area contributed by atoms with Crippen LogP contribution in [0.3, 0.4) is 0 Å². The minimum Gasteiger partial charge on any atom is -0.394 e. The molecule has 3 N–H and O–H groups in total. The molecule has 0 aliphatic heterocycles. The molecule has 5 nitrogen and oxygen atoms in total. The second-order valence-electron chi connectivity index (χ2n) is 5.00. The SMILES string of the molecule is CCCNc1ncnc(NC(CC)CO)c1C(C)C. The van der Waals surface area contributed by atoms with Crippen LogP contribution in [0.4, 0.5) is 11.6 Å². The summed E-state index contributed by atoms with van der Waals surface area (Å²) < 4.78 is 0. The summed E-state index contributed by atoms with van der Waals surface area (Å²) in [4.78, 5) is 8.66. The van der Waals surface area contributed by atoms with Crippen LogP contribution in [0.1, 0.15) is 52.0 Å². The summed E-state index contributed by atoms with van der Waals surface area (Å²) in [6.45, 7) is 9.42. The third kappa shape index (κ3) is 4.35. The van der Waals surface area contributed by atoms with Crippen molar-refractivity contribution in [2.75, 3.05) is 23.8 Å². The first-order valence-corrected chi connectivity index (χ1v) is 7.10. The zero-order chi connectivity index (χ0) is 14.3. The van der Waals surface area contributed by atoms with E-state index in [9.17, 15) is 5.11 Å². The summed E-state index contributed by atoms with van der Waals surface area (Å²) in [7, 11) is 0. The molecule has 1 rings (SSSR count). The summed E-state index contributed by atoms with van der Waals surface area (Å²) in [5.41, 5.74) is 1.09. The molecule has 1 heterocycles. The van der Waals surface area contributed by atoms with Gasteiger partial charge >= 0.3 is 0 Å². The fourth-order valence-corrected chi connectivity index (χ4v) is 1.91.